The molecule has 4 aromatic heterocycles. The van der Waals surface area contributed by atoms with E-state index in [0.717, 1.165) is 71.9 Å². The van der Waals surface area contributed by atoms with Crippen LogP contribution in [0, 0.1) is 5.82 Å². The van der Waals surface area contributed by atoms with E-state index in [0.29, 0.717) is 51.9 Å². The molecule has 1 amide bonds. The van der Waals surface area contributed by atoms with Crippen LogP contribution in [0.4, 0.5) is 21.7 Å². The number of pyridine rings is 1. The van der Waals surface area contributed by atoms with Crippen molar-refractivity contribution in [3.63, 3.8) is 0 Å². The third-order valence-electron chi connectivity index (χ3n) is 10.3. The first-order valence-electron chi connectivity index (χ1n) is 18.1. The lowest BCUT2D eigenvalue weighted by atomic mass is 9.99. The third-order valence-corrected chi connectivity index (χ3v) is 10.6. The second-order valence-corrected chi connectivity index (χ2v) is 14.1. The van der Waals surface area contributed by atoms with Gasteiger partial charge in [-0.3, -0.25) is 14.5 Å². The summed E-state index contributed by atoms with van der Waals surface area (Å²) >= 11 is 6.90. The molecule has 2 aliphatic heterocycles. The highest BCUT2D eigenvalue weighted by molar-refractivity contribution is 6.33. The summed E-state index contributed by atoms with van der Waals surface area (Å²) in [5.41, 5.74) is 6.65. The second kappa shape index (κ2) is 14.3. The van der Waals surface area contributed by atoms with Crippen molar-refractivity contribution in [3.8, 4) is 17.1 Å². The minimum Gasteiger partial charge on any atom is -0.394 e. The van der Waals surface area contributed by atoms with Crippen LogP contribution in [0.1, 0.15) is 21.5 Å². The zero-order valence-electron chi connectivity index (χ0n) is 29.6. The minimum absolute atomic E-state index is 0.0915. The van der Waals surface area contributed by atoms with Crippen LogP contribution in [0.2, 0.25) is 5.02 Å². The number of carbonyl (C=O) groups is 1. The summed E-state index contributed by atoms with van der Waals surface area (Å²) in [6, 6.07) is 22.3. The Morgan fingerprint density at radius 1 is 0.945 bits per heavy atom. The monoisotopic (exact) mass is 758 g/mol. The van der Waals surface area contributed by atoms with E-state index in [-0.39, 0.29) is 24.6 Å². The first-order chi connectivity index (χ1) is 26.8. The number of fused-ring (bicyclic) bond motifs is 1. The highest BCUT2D eigenvalue weighted by Crippen LogP contribution is 2.38. The number of nitrogens with one attached hydrogen (secondary N) is 3. The average molecular weight is 759 g/mol. The van der Waals surface area contributed by atoms with Gasteiger partial charge < -0.3 is 25.6 Å². The maximum Gasteiger partial charge on any atom is 0.278 e. The largest absolute Gasteiger partial charge is 0.394 e. The summed E-state index contributed by atoms with van der Waals surface area (Å²) in [6.45, 7) is 4.57. The Bertz CT molecular complexity index is 2630. The lowest BCUT2D eigenvalue weighted by molar-refractivity contribution is 0.0956. The van der Waals surface area contributed by atoms with Crippen LogP contribution >= 0.6 is 11.6 Å². The van der Waals surface area contributed by atoms with Crippen LogP contribution in [0.15, 0.2) is 90.0 Å². The van der Waals surface area contributed by atoms with Crippen LogP contribution in [-0.2, 0) is 19.5 Å². The second-order valence-electron chi connectivity index (χ2n) is 13.7. The van der Waals surface area contributed by atoms with Gasteiger partial charge in [0, 0.05) is 79.5 Å². The quantitative estimate of drug-likeness (QED) is 0.155. The van der Waals surface area contributed by atoms with E-state index in [9.17, 15) is 19.1 Å². The third kappa shape index (κ3) is 6.47. The Morgan fingerprint density at radius 2 is 1.78 bits per heavy atom. The van der Waals surface area contributed by atoms with E-state index in [4.69, 9.17) is 11.6 Å². The Labute approximate surface area is 319 Å². The van der Waals surface area contributed by atoms with E-state index in [1.54, 1.807) is 23.0 Å². The number of benzene rings is 3. The van der Waals surface area contributed by atoms with Gasteiger partial charge in [-0.15, -0.1) is 0 Å². The van der Waals surface area contributed by atoms with Crippen molar-refractivity contribution in [2.24, 2.45) is 0 Å². The van der Waals surface area contributed by atoms with Crippen LogP contribution in [0.5, 0.6) is 0 Å². The molecule has 7 aromatic rings. The van der Waals surface area contributed by atoms with Crippen molar-refractivity contribution in [1.29, 1.82) is 0 Å². The predicted octanol–water partition coefficient (Wildman–Crippen LogP) is 5.26. The standard InChI is InChI=1S/C40H36ClFN10O3/c41-32-19-24(4-9-28(32)36-29-10-12-44-38(54)30-20-25(42)21-33(47-36)35(29)30)23-49-13-15-50(16-14-49)27-7-5-26(6-8-27)46-40-45-22-31-37(48-40)52(34-3-1-2-11-43-34)51(17-18-53)39(31)55/h1-9,11,19-22,47,53H,10,12-18,23H2,(H,44,54)(H,45,46,48). The molecule has 0 bridgehead atoms. The summed E-state index contributed by atoms with van der Waals surface area (Å²) in [7, 11) is 0. The molecule has 0 radical (unpaired) electrons. The van der Waals surface area contributed by atoms with Gasteiger partial charge in [-0.05, 0) is 72.1 Å². The summed E-state index contributed by atoms with van der Waals surface area (Å²) in [6.07, 6.45) is 3.75. The Morgan fingerprint density at radius 3 is 2.55 bits per heavy atom. The molecule has 4 N–H and O–H groups in total. The van der Waals surface area contributed by atoms with Crippen LogP contribution in [0.3, 0.4) is 0 Å². The smallest absolute Gasteiger partial charge is 0.278 e. The average Bonchev–Trinajstić information content (AvgIpc) is 3.62. The van der Waals surface area contributed by atoms with E-state index in [1.165, 1.54) is 23.0 Å². The van der Waals surface area contributed by atoms with Gasteiger partial charge in [-0.1, -0.05) is 29.8 Å². The van der Waals surface area contributed by atoms with Gasteiger partial charge in [-0.25, -0.2) is 23.7 Å². The molecular formula is C40H36ClFN10O3. The lowest BCUT2D eigenvalue weighted by Gasteiger charge is -2.36. The number of carbonyl (C=O) groups excluding carboxylic acids is 1. The highest BCUT2D eigenvalue weighted by Gasteiger charge is 2.25. The predicted molar refractivity (Wildman–Crippen MR) is 210 cm³/mol. The minimum atomic E-state index is -0.460. The SMILES string of the molecule is O=C1NCCc2c(-c3ccc(CN4CCN(c5ccc(Nc6ncc7c(=O)n(CCO)n(-c8ccccn8)c7n6)cc5)CC4)cc3Cl)[nH]c3cc(F)cc1c23. The van der Waals surface area contributed by atoms with Gasteiger partial charge in [-0.2, -0.15) is 4.98 Å². The van der Waals surface area contributed by atoms with E-state index in [2.05, 4.69) is 58.6 Å². The van der Waals surface area contributed by atoms with Crippen molar-refractivity contribution in [1.82, 2.24) is 39.5 Å². The number of amides is 1. The number of nitrogens with zero attached hydrogens (tertiary/aromatic N) is 7. The molecule has 55 heavy (non-hydrogen) atoms. The van der Waals surface area contributed by atoms with Crippen molar-refractivity contribution in [2.75, 3.05) is 49.5 Å². The van der Waals surface area contributed by atoms with Gasteiger partial charge in [0.05, 0.1) is 29.4 Å². The molecule has 6 heterocycles. The van der Waals surface area contributed by atoms with Crippen LogP contribution in [-0.4, -0.2) is 84.5 Å². The normalized spacial score (nSPS) is 14.7. The number of piperazine rings is 1. The topological polar surface area (TPSA) is 149 Å². The fraction of sp³-hybridized carbons (Fsp3) is 0.225. The van der Waals surface area contributed by atoms with Gasteiger partial charge in [0.2, 0.25) is 5.95 Å². The van der Waals surface area contributed by atoms with E-state index in [1.807, 2.05) is 30.3 Å². The molecule has 278 valence electrons. The number of aliphatic hydroxyl groups is 1. The van der Waals surface area contributed by atoms with E-state index >= 15 is 0 Å². The fourth-order valence-electron chi connectivity index (χ4n) is 7.68. The Kier molecular flexibility index (Phi) is 9.00. The molecule has 0 atom stereocenters. The molecule has 9 rings (SSSR count). The molecular weight excluding hydrogens is 723 g/mol. The summed E-state index contributed by atoms with van der Waals surface area (Å²) < 4.78 is 17.4. The number of hydrogen-bond donors (Lipinski definition) is 4. The molecule has 0 unspecified atom stereocenters. The number of aromatic amines is 1. The first-order valence-corrected chi connectivity index (χ1v) is 18.5. The molecule has 13 nitrogen and oxygen atoms in total. The molecule has 2 aliphatic rings. The number of aliphatic hydroxyl groups excluding tert-OH is 1. The maximum absolute atomic E-state index is 14.4. The molecule has 0 spiro atoms. The molecule has 3 aromatic carbocycles. The summed E-state index contributed by atoms with van der Waals surface area (Å²) in [5, 5.41) is 17.4. The lowest BCUT2D eigenvalue weighted by Crippen LogP contribution is -2.45. The van der Waals surface area contributed by atoms with Gasteiger partial charge in [0.25, 0.3) is 11.5 Å². The highest BCUT2D eigenvalue weighted by atomic mass is 35.5. The zero-order valence-corrected chi connectivity index (χ0v) is 30.4. The number of halogens is 2. The summed E-state index contributed by atoms with van der Waals surface area (Å²) in [5.74, 6) is 0.111. The van der Waals surface area contributed by atoms with Crippen molar-refractivity contribution < 1.29 is 14.3 Å². The Hall–Kier alpha value is -6.09. The number of anilines is 3. The van der Waals surface area contributed by atoms with Gasteiger partial charge in [0.15, 0.2) is 11.5 Å². The summed E-state index contributed by atoms with van der Waals surface area (Å²) in [4.78, 5) is 47.3. The molecule has 0 aliphatic carbocycles. The maximum atomic E-state index is 14.4. The van der Waals surface area contributed by atoms with Gasteiger partial charge >= 0.3 is 0 Å². The molecule has 0 saturated carbocycles. The fourth-order valence-corrected chi connectivity index (χ4v) is 7.98. The molecule has 1 saturated heterocycles. The number of rotatable bonds is 9. The molecule has 15 heteroatoms. The number of hydrogen-bond acceptors (Lipinski definition) is 9. The van der Waals surface area contributed by atoms with Crippen molar-refractivity contribution in [2.45, 2.75) is 19.5 Å². The van der Waals surface area contributed by atoms with Crippen LogP contribution in [0.25, 0.3) is 39.0 Å². The van der Waals surface area contributed by atoms with E-state index < -0.39 is 5.82 Å². The molecule has 1 fully saturated rings. The zero-order chi connectivity index (χ0) is 37.6. The van der Waals surface area contributed by atoms with Crippen LogP contribution < -0.4 is 21.1 Å². The van der Waals surface area contributed by atoms with Gasteiger partial charge in [0.1, 0.15) is 11.2 Å². The number of aromatic nitrogens is 6. The first kappa shape index (κ1) is 34.7. The number of H-pyrrole nitrogens is 1. The van der Waals surface area contributed by atoms with Crippen molar-refractivity contribution in [3.05, 3.63) is 123 Å². The van der Waals surface area contributed by atoms with Crippen molar-refractivity contribution >= 4 is 56.8 Å². The Balaban J connectivity index is 0.854.